The van der Waals surface area contributed by atoms with E-state index in [0.717, 1.165) is 17.7 Å². The first-order chi connectivity index (χ1) is 13.5. The third-order valence-corrected chi connectivity index (χ3v) is 4.98. The van der Waals surface area contributed by atoms with Crippen molar-refractivity contribution in [2.24, 2.45) is 4.99 Å². The van der Waals surface area contributed by atoms with Gasteiger partial charge in [-0.2, -0.15) is 5.26 Å². The Hall–Kier alpha value is -2.75. The second-order valence-corrected chi connectivity index (χ2v) is 6.98. The highest BCUT2D eigenvalue weighted by Gasteiger charge is 2.44. The number of hydrogen-bond acceptors (Lipinski definition) is 4. The molecule has 2 aromatic rings. The highest BCUT2D eigenvalue weighted by molar-refractivity contribution is 5.63. The van der Waals surface area contributed by atoms with Gasteiger partial charge in [-0.25, -0.2) is 9.38 Å². The first-order valence-corrected chi connectivity index (χ1v) is 9.24. The number of benzene rings is 2. The van der Waals surface area contributed by atoms with Gasteiger partial charge in [-0.15, -0.1) is 0 Å². The summed E-state index contributed by atoms with van der Waals surface area (Å²) >= 11 is 0. The third kappa shape index (κ3) is 4.06. The minimum atomic E-state index is -0.847. The van der Waals surface area contributed by atoms with Crippen molar-refractivity contribution in [1.29, 1.82) is 5.26 Å². The molecule has 1 aliphatic heterocycles. The molecule has 6 heteroatoms. The molecule has 0 atom stereocenters. The number of hydrogen-bond donors (Lipinski definition) is 0. The van der Waals surface area contributed by atoms with E-state index in [1.165, 1.54) is 6.07 Å². The molecular formula is C22H24FN3O2. The zero-order valence-electron chi connectivity index (χ0n) is 16.4. The molecule has 1 aliphatic rings. The topological polar surface area (TPSA) is 57.8 Å². The van der Waals surface area contributed by atoms with Gasteiger partial charge in [0.2, 0.25) is 0 Å². The van der Waals surface area contributed by atoms with Gasteiger partial charge < -0.3 is 14.4 Å². The zero-order valence-corrected chi connectivity index (χ0v) is 16.4. The summed E-state index contributed by atoms with van der Waals surface area (Å²) in [7, 11) is 1.91. The predicted molar refractivity (Wildman–Crippen MR) is 106 cm³/mol. The number of aryl methyl sites for hydroxylation is 1. The number of halogens is 1. The second-order valence-electron chi connectivity index (χ2n) is 6.98. The van der Waals surface area contributed by atoms with E-state index in [-0.39, 0.29) is 25.6 Å². The summed E-state index contributed by atoms with van der Waals surface area (Å²) in [5.74, 6) is -0.367. The average Bonchev–Trinajstić information content (AvgIpc) is 2.68. The molecule has 1 heterocycles. The van der Waals surface area contributed by atoms with Crippen molar-refractivity contribution in [3.8, 4) is 6.07 Å². The van der Waals surface area contributed by atoms with Gasteiger partial charge in [0.05, 0.1) is 43.5 Å². The van der Waals surface area contributed by atoms with Crippen molar-refractivity contribution in [3.05, 3.63) is 64.5 Å². The van der Waals surface area contributed by atoms with Crippen molar-refractivity contribution < 1.29 is 13.9 Å². The number of nitrogens with zero attached hydrogens (tertiary/aromatic N) is 3. The molecule has 0 amide bonds. The number of aliphatic imine (C=N–C) groups is 1. The standard InChI is InChI=1S/C22H24FN3O2/c1-4-26(3)15-25-21-10-20(23)19(9-16(21)2)22(13-27-14-22)28-12-18-8-6-5-7-17(18)11-24/h5-10,15H,4,12-14H2,1-3H3. The van der Waals surface area contributed by atoms with Crippen LogP contribution in [0, 0.1) is 24.1 Å². The minimum absolute atomic E-state index is 0.215. The molecule has 0 unspecified atom stereocenters. The van der Waals surface area contributed by atoms with Gasteiger partial charge in [-0.3, -0.25) is 0 Å². The van der Waals surface area contributed by atoms with E-state index in [1.54, 1.807) is 18.5 Å². The molecule has 146 valence electrons. The summed E-state index contributed by atoms with van der Waals surface area (Å²) in [6.07, 6.45) is 1.69. The van der Waals surface area contributed by atoms with Gasteiger partial charge in [-0.05, 0) is 37.1 Å². The predicted octanol–water partition coefficient (Wildman–Crippen LogP) is 4.06. The van der Waals surface area contributed by atoms with Gasteiger partial charge in [0, 0.05) is 25.2 Å². The minimum Gasteiger partial charge on any atom is -0.375 e. The summed E-state index contributed by atoms with van der Waals surface area (Å²) in [6, 6.07) is 12.6. The molecule has 2 aromatic carbocycles. The Morgan fingerprint density at radius 2 is 2.11 bits per heavy atom. The molecule has 1 saturated heterocycles. The summed E-state index contributed by atoms with van der Waals surface area (Å²) in [5, 5.41) is 9.25. The largest absolute Gasteiger partial charge is 0.375 e. The molecule has 0 bridgehead atoms. The van der Waals surface area contributed by atoms with E-state index < -0.39 is 5.60 Å². The fourth-order valence-corrected chi connectivity index (χ4v) is 2.98. The first kappa shape index (κ1) is 20.0. The molecule has 0 radical (unpaired) electrons. The Balaban J connectivity index is 1.85. The van der Waals surface area contributed by atoms with E-state index in [4.69, 9.17) is 9.47 Å². The Bertz CT molecular complexity index is 916. The van der Waals surface area contributed by atoms with Crippen LogP contribution in [0.5, 0.6) is 0 Å². The Morgan fingerprint density at radius 3 is 2.75 bits per heavy atom. The van der Waals surface area contributed by atoms with Gasteiger partial charge >= 0.3 is 0 Å². The van der Waals surface area contributed by atoms with Gasteiger partial charge in [0.1, 0.15) is 11.4 Å². The molecule has 1 fully saturated rings. The third-order valence-electron chi connectivity index (χ3n) is 4.98. The normalized spacial score (nSPS) is 15.2. The van der Waals surface area contributed by atoms with E-state index >= 15 is 0 Å². The highest BCUT2D eigenvalue weighted by Crippen LogP contribution is 2.38. The Morgan fingerprint density at radius 1 is 1.36 bits per heavy atom. The zero-order chi connectivity index (χ0) is 20.1. The lowest BCUT2D eigenvalue weighted by atomic mass is 9.89. The van der Waals surface area contributed by atoms with Crippen LogP contribution in [0.4, 0.5) is 10.1 Å². The van der Waals surface area contributed by atoms with Crippen LogP contribution in [0.2, 0.25) is 0 Å². The number of rotatable bonds is 7. The lowest BCUT2D eigenvalue weighted by Crippen LogP contribution is -2.49. The summed E-state index contributed by atoms with van der Waals surface area (Å²) in [6.45, 7) is 5.51. The second kappa shape index (κ2) is 8.51. The van der Waals surface area contributed by atoms with Crippen molar-refractivity contribution in [2.75, 3.05) is 26.8 Å². The van der Waals surface area contributed by atoms with Crippen LogP contribution in [0.25, 0.3) is 0 Å². The van der Waals surface area contributed by atoms with Crippen LogP contribution in [0.3, 0.4) is 0 Å². The molecule has 0 N–H and O–H groups in total. The van der Waals surface area contributed by atoms with Crippen molar-refractivity contribution in [3.63, 3.8) is 0 Å². The number of nitriles is 1. The highest BCUT2D eigenvalue weighted by atomic mass is 19.1. The maximum Gasteiger partial charge on any atom is 0.143 e. The van der Waals surface area contributed by atoms with Crippen LogP contribution in [-0.4, -0.2) is 38.0 Å². The van der Waals surface area contributed by atoms with Crippen LogP contribution < -0.4 is 0 Å². The molecule has 0 aromatic heterocycles. The summed E-state index contributed by atoms with van der Waals surface area (Å²) < 4.78 is 26.4. The summed E-state index contributed by atoms with van der Waals surface area (Å²) in [4.78, 5) is 6.29. The van der Waals surface area contributed by atoms with Crippen LogP contribution in [-0.2, 0) is 21.7 Å². The Labute approximate surface area is 165 Å². The van der Waals surface area contributed by atoms with Gasteiger partial charge in [0.25, 0.3) is 0 Å². The molecular weight excluding hydrogens is 357 g/mol. The average molecular weight is 381 g/mol. The van der Waals surface area contributed by atoms with Crippen molar-refractivity contribution in [2.45, 2.75) is 26.1 Å². The maximum atomic E-state index is 14.9. The molecule has 0 saturated carbocycles. The quantitative estimate of drug-likeness (QED) is 0.536. The van der Waals surface area contributed by atoms with Crippen LogP contribution >= 0.6 is 0 Å². The van der Waals surface area contributed by atoms with Crippen molar-refractivity contribution >= 4 is 12.0 Å². The van der Waals surface area contributed by atoms with E-state index in [9.17, 15) is 9.65 Å². The van der Waals surface area contributed by atoms with Gasteiger partial charge in [0.15, 0.2) is 0 Å². The fourth-order valence-electron chi connectivity index (χ4n) is 2.98. The lowest BCUT2D eigenvalue weighted by Gasteiger charge is -2.42. The van der Waals surface area contributed by atoms with Crippen molar-refractivity contribution in [1.82, 2.24) is 4.90 Å². The first-order valence-electron chi connectivity index (χ1n) is 9.24. The maximum absolute atomic E-state index is 14.9. The van der Waals surface area contributed by atoms with E-state index in [0.29, 0.717) is 16.8 Å². The fraction of sp³-hybridized carbons (Fsp3) is 0.364. The molecule has 0 aliphatic carbocycles. The molecule has 0 spiro atoms. The van der Waals surface area contributed by atoms with E-state index in [1.807, 2.05) is 44.0 Å². The SMILES string of the molecule is CCN(C)C=Nc1cc(F)c(C2(OCc3ccccc3C#N)COC2)cc1C. The monoisotopic (exact) mass is 381 g/mol. The lowest BCUT2D eigenvalue weighted by molar-refractivity contribution is -0.224. The summed E-state index contributed by atoms with van der Waals surface area (Å²) in [5.41, 5.74) is 2.40. The molecule has 3 rings (SSSR count). The smallest absolute Gasteiger partial charge is 0.143 e. The Kier molecular flexibility index (Phi) is 6.08. The van der Waals surface area contributed by atoms with Crippen LogP contribution in [0.1, 0.15) is 29.2 Å². The van der Waals surface area contributed by atoms with E-state index in [2.05, 4.69) is 11.1 Å². The number of ether oxygens (including phenoxy) is 2. The molecule has 5 nitrogen and oxygen atoms in total. The molecule has 28 heavy (non-hydrogen) atoms. The van der Waals surface area contributed by atoms with Gasteiger partial charge in [-0.1, -0.05) is 18.2 Å². The van der Waals surface area contributed by atoms with Crippen LogP contribution in [0.15, 0.2) is 41.4 Å².